The van der Waals surface area contributed by atoms with E-state index in [1.165, 1.54) is 12.1 Å². The van der Waals surface area contributed by atoms with Gasteiger partial charge in [0.2, 0.25) is 5.95 Å². The number of aromatic amines is 1. The summed E-state index contributed by atoms with van der Waals surface area (Å²) in [4.78, 5) is 7.48. The number of benzene rings is 2. The molecular weight excluding hydrogens is 255 g/mol. The standard InChI is InChI=1S/C15H13FN4/c1-10(11-6-8-12(16)9-7-11)19-20-15-17-13-4-2-3-5-14(13)18-15/h2-9H,1H3,(H2,17,18,20)/b19-10-. The van der Waals surface area contributed by atoms with Gasteiger partial charge in [0, 0.05) is 0 Å². The van der Waals surface area contributed by atoms with Crippen molar-refractivity contribution in [3.63, 3.8) is 0 Å². The second-order valence-electron chi connectivity index (χ2n) is 4.42. The van der Waals surface area contributed by atoms with E-state index in [1.807, 2.05) is 31.2 Å². The summed E-state index contributed by atoms with van der Waals surface area (Å²) < 4.78 is 12.8. The van der Waals surface area contributed by atoms with E-state index >= 15 is 0 Å². The Hall–Kier alpha value is -2.69. The van der Waals surface area contributed by atoms with Crippen molar-refractivity contribution in [2.45, 2.75) is 6.92 Å². The molecule has 0 atom stereocenters. The SMILES string of the molecule is C/C(=N/Nc1nc2ccccc2[nH]1)c1ccc(F)cc1. The van der Waals surface area contributed by atoms with Gasteiger partial charge < -0.3 is 4.98 Å². The Bertz CT molecular complexity index is 726. The number of para-hydroxylation sites is 2. The maximum absolute atomic E-state index is 12.8. The first-order valence-electron chi connectivity index (χ1n) is 6.23. The van der Waals surface area contributed by atoms with Crippen molar-refractivity contribution in [1.82, 2.24) is 9.97 Å². The number of rotatable bonds is 3. The zero-order valence-electron chi connectivity index (χ0n) is 10.9. The van der Waals surface area contributed by atoms with Gasteiger partial charge in [0.1, 0.15) is 5.82 Å². The van der Waals surface area contributed by atoms with Crippen LogP contribution in [-0.2, 0) is 0 Å². The van der Waals surface area contributed by atoms with Crippen LogP contribution in [0.3, 0.4) is 0 Å². The number of nitrogens with one attached hydrogen (secondary N) is 2. The first kappa shape index (κ1) is 12.3. The number of hydrazone groups is 1. The fourth-order valence-corrected chi connectivity index (χ4v) is 1.90. The zero-order valence-corrected chi connectivity index (χ0v) is 10.9. The van der Waals surface area contributed by atoms with Crippen molar-refractivity contribution in [1.29, 1.82) is 0 Å². The molecule has 3 aromatic rings. The quantitative estimate of drug-likeness (QED) is 0.564. The third kappa shape index (κ3) is 2.51. The van der Waals surface area contributed by atoms with Crippen molar-refractivity contribution in [2.75, 3.05) is 5.43 Å². The number of anilines is 1. The fourth-order valence-electron chi connectivity index (χ4n) is 1.90. The highest BCUT2D eigenvalue weighted by molar-refractivity contribution is 5.99. The van der Waals surface area contributed by atoms with Crippen LogP contribution in [-0.4, -0.2) is 15.7 Å². The number of hydrogen-bond acceptors (Lipinski definition) is 3. The zero-order chi connectivity index (χ0) is 13.9. The molecule has 0 aliphatic rings. The molecule has 0 aliphatic carbocycles. The van der Waals surface area contributed by atoms with Crippen molar-refractivity contribution in [3.8, 4) is 0 Å². The van der Waals surface area contributed by atoms with Gasteiger partial charge in [-0.05, 0) is 36.8 Å². The van der Waals surface area contributed by atoms with Crippen molar-refractivity contribution < 1.29 is 4.39 Å². The lowest BCUT2D eigenvalue weighted by atomic mass is 10.1. The first-order chi connectivity index (χ1) is 9.72. The average Bonchev–Trinajstić information content (AvgIpc) is 2.88. The van der Waals surface area contributed by atoms with E-state index in [9.17, 15) is 4.39 Å². The fraction of sp³-hybridized carbons (Fsp3) is 0.0667. The maximum Gasteiger partial charge on any atom is 0.222 e. The molecule has 4 nitrogen and oxygen atoms in total. The van der Waals surface area contributed by atoms with Crippen LogP contribution in [0, 0.1) is 5.82 Å². The van der Waals surface area contributed by atoms with Crippen LogP contribution in [0.2, 0.25) is 0 Å². The van der Waals surface area contributed by atoms with E-state index in [4.69, 9.17) is 0 Å². The molecule has 0 radical (unpaired) electrons. The summed E-state index contributed by atoms with van der Waals surface area (Å²) >= 11 is 0. The largest absolute Gasteiger partial charge is 0.323 e. The average molecular weight is 268 g/mol. The summed E-state index contributed by atoms with van der Waals surface area (Å²) in [5, 5.41) is 4.24. The van der Waals surface area contributed by atoms with Crippen LogP contribution in [0.5, 0.6) is 0 Å². The molecule has 0 bridgehead atoms. The smallest absolute Gasteiger partial charge is 0.222 e. The minimum atomic E-state index is -0.258. The molecule has 5 heteroatoms. The Kier molecular flexibility index (Phi) is 3.16. The molecular formula is C15H13FN4. The van der Waals surface area contributed by atoms with Gasteiger partial charge in [0.05, 0.1) is 16.7 Å². The molecule has 20 heavy (non-hydrogen) atoms. The number of imidazole rings is 1. The number of hydrogen-bond donors (Lipinski definition) is 2. The first-order valence-corrected chi connectivity index (χ1v) is 6.23. The van der Waals surface area contributed by atoms with Crippen LogP contribution < -0.4 is 5.43 Å². The number of nitrogens with zero attached hydrogens (tertiary/aromatic N) is 2. The molecule has 3 rings (SSSR count). The third-order valence-electron chi connectivity index (χ3n) is 2.98. The minimum absolute atomic E-state index is 0.258. The number of aromatic nitrogens is 2. The molecule has 0 saturated heterocycles. The molecule has 0 saturated carbocycles. The van der Waals surface area contributed by atoms with Gasteiger partial charge in [0.25, 0.3) is 0 Å². The molecule has 1 heterocycles. The van der Waals surface area contributed by atoms with Crippen LogP contribution in [0.15, 0.2) is 53.6 Å². The normalized spacial score (nSPS) is 11.8. The topological polar surface area (TPSA) is 53.1 Å². The van der Waals surface area contributed by atoms with Gasteiger partial charge >= 0.3 is 0 Å². The van der Waals surface area contributed by atoms with E-state index in [0.29, 0.717) is 5.95 Å². The monoisotopic (exact) mass is 268 g/mol. The Morgan fingerprint density at radius 1 is 1.15 bits per heavy atom. The van der Waals surface area contributed by atoms with E-state index in [0.717, 1.165) is 22.3 Å². The van der Waals surface area contributed by atoms with Crippen molar-refractivity contribution in [3.05, 3.63) is 59.9 Å². The van der Waals surface area contributed by atoms with E-state index in [2.05, 4.69) is 20.5 Å². The number of fused-ring (bicyclic) bond motifs is 1. The van der Waals surface area contributed by atoms with E-state index in [1.54, 1.807) is 12.1 Å². The van der Waals surface area contributed by atoms with Crippen molar-refractivity contribution in [2.24, 2.45) is 5.10 Å². The van der Waals surface area contributed by atoms with Crippen LogP contribution in [0.4, 0.5) is 10.3 Å². The summed E-state index contributed by atoms with van der Waals surface area (Å²) in [6.45, 7) is 1.85. The Balaban J connectivity index is 1.80. The lowest BCUT2D eigenvalue weighted by Gasteiger charge is -2.01. The summed E-state index contributed by atoms with van der Waals surface area (Å²) in [6.07, 6.45) is 0. The van der Waals surface area contributed by atoms with Gasteiger partial charge in [-0.3, -0.25) is 0 Å². The minimum Gasteiger partial charge on any atom is -0.323 e. The predicted molar refractivity (Wildman–Crippen MR) is 78.3 cm³/mol. The highest BCUT2D eigenvalue weighted by Gasteiger charge is 2.01. The highest BCUT2D eigenvalue weighted by Crippen LogP contribution is 2.13. The molecule has 0 amide bonds. The Morgan fingerprint density at radius 2 is 1.90 bits per heavy atom. The van der Waals surface area contributed by atoms with Crippen LogP contribution in [0.1, 0.15) is 12.5 Å². The number of halogens is 1. The predicted octanol–water partition coefficient (Wildman–Crippen LogP) is 3.54. The third-order valence-corrected chi connectivity index (χ3v) is 2.98. The van der Waals surface area contributed by atoms with Gasteiger partial charge in [-0.1, -0.05) is 24.3 Å². The molecule has 2 N–H and O–H groups in total. The molecule has 0 unspecified atom stereocenters. The van der Waals surface area contributed by atoms with Crippen LogP contribution in [0.25, 0.3) is 11.0 Å². The molecule has 1 aromatic heterocycles. The summed E-state index contributed by atoms with van der Waals surface area (Å²) in [5.74, 6) is 0.319. The molecule has 100 valence electrons. The summed E-state index contributed by atoms with van der Waals surface area (Å²) in [5.41, 5.74) is 6.31. The van der Waals surface area contributed by atoms with Crippen molar-refractivity contribution >= 4 is 22.7 Å². The van der Waals surface area contributed by atoms with E-state index in [-0.39, 0.29) is 5.82 Å². The number of H-pyrrole nitrogens is 1. The van der Waals surface area contributed by atoms with Gasteiger partial charge in [0.15, 0.2) is 0 Å². The summed E-state index contributed by atoms with van der Waals surface area (Å²) in [6, 6.07) is 13.9. The lowest BCUT2D eigenvalue weighted by molar-refractivity contribution is 0.628. The summed E-state index contributed by atoms with van der Waals surface area (Å²) in [7, 11) is 0. The Labute approximate surface area is 115 Å². The van der Waals surface area contributed by atoms with E-state index < -0.39 is 0 Å². The maximum atomic E-state index is 12.8. The second-order valence-corrected chi connectivity index (χ2v) is 4.42. The molecule has 0 fully saturated rings. The van der Waals surface area contributed by atoms with Gasteiger partial charge in [-0.2, -0.15) is 5.10 Å². The Morgan fingerprint density at radius 3 is 2.65 bits per heavy atom. The van der Waals surface area contributed by atoms with Crippen LogP contribution >= 0.6 is 0 Å². The van der Waals surface area contributed by atoms with Gasteiger partial charge in [-0.15, -0.1) is 0 Å². The highest BCUT2D eigenvalue weighted by atomic mass is 19.1. The molecule has 0 aliphatic heterocycles. The second kappa shape index (κ2) is 5.13. The molecule has 0 spiro atoms. The van der Waals surface area contributed by atoms with Gasteiger partial charge in [-0.25, -0.2) is 14.8 Å². The lowest BCUT2D eigenvalue weighted by Crippen LogP contribution is -2.00. The molecule has 2 aromatic carbocycles.